The van der Waals surface area contributed by atoms with E-state index in [-0.39, 0.29) is 17.7 Å². The SMILES string of the molecule is CC(C)C(=O)N1C(=O)Cc2ccccc21. The van der Waals surface area contributed by atoms with Crippen LogP contribution in [0.15, 0.2) is 24.3 Å². The molecule has 1 heterocycles. The molecule has 1 aliphatic heterocycles. The first-order valence-corrected chi connectivity index (χ1v) is 5.06. The highest BCUT2D eigenvalue weighted by Gasteiger charge is 2.32. The number of para-hydroxylation sites is 1. The van der Waals surface area contributed by atoms with Gasteiger partial charge in [0.15, 0.2) is 0 Å². The van der Waals surface area contributed by atoms with E-state index in [1.165, 1.54) is 4.90 Å². The molecule has 2 amide bonds. The maximum absolute atomic E-state index is 11.8. The molecule has 0 fully saturated rings. The number of fused-ring (bicyclic) bond motifs is 1. The van der Waals surface area contributed by atoms with Crippen LogP contribution in [0.5, 0.6) is 0 Å². The topological polar surface area (TPSA) is 37.4 Å². The molecule has 1 aromatic rings. The van der Waals surface area contributed by atoms with Gasteiger partial charge in [-0.25, -0.2) is 4.90 Å². The third-order valence-electron chi connectivity index (χ3n) is 2.54. The van der Waals surface area contributed by atoms with Crippen LogP contribution in [0.25, 0.3) is 0 Å². The summed E-state index contributed by atoms with van der Waals surface area (Å²) in [6.07, 6.45) is 0.342. The van der Waals surface area contributed by atoms with Crippen molar-refractivity contribution in [1.29, 1.82) is 0 Å². The van der Waals surface area contributed by atoms with E-state index >= 15 is 0 Å². The van der Waals surface area contributed by atoms with E-state index in [0.29, 0.717) is 6.42 Å². The van der Waals surface area contributed by atoms with E-state index in [4.69, 9.17) is 0 Å². The average Bonchev–Trinajstić information content (AvgIpc) is 2.52. The number of imide groups is 1. The van der Waals surface area contributed by atoms with Crippen LogP contribution >= 0.6 is 0 Å². The number of amides is 2. The van der Waals surface area contributed by atoms with E-state index in [1.54, 1.807) is 13.8 Å². The predicted molar refractivity (Wildman–Crippen MR) is 57.5 cm³/mol. The Hall–Kier alpha value is -1.64. The summed E-state index contributed by atoms with van der Waals surface area (Å²) in [6.45, 7) is 3.60. The van der Waals surface area contributed by atoms with Gasteiger partial charge in [0.2, 0.25) is 11.8 Å². The van der Waals surface area contributed by atoms with Crippen LogP contribution in [0.3, 0.4) is 0 Å². The fourth-order valence-corrected chi connectivity index (χ4v) is 1.75. The van der Waals surface area contributed by atoms with Crippen molar-refractivity contribution in [3.05, 3.63) is 29.8 Å². The molecule has 1 aliphatic rings. The number of hydrogen-bond acceptors (Lipinski definition) is 2. The number of benzene rings is 1. The molecule has 0 spiro atoms. The first-order chi connectivity index (χ1) is 7.11. The standard InChI is InChI=1S/C12H13NO2/c1-8(2)12(15)13-10-6-4-3-5-9(10)7-11(13)14/h3-6,8H,7H2,1-2H3. The third kappa shape index (κ3) is 1.54. The Morgan fingerprint density at radius 2 is 2.00 bits per heavy atom. The van der Waals surface area contributed by atoms with Gasteiger partial charge in [-0.05, 0) is 11.6 Å². The molecule has 0 aliphatic carbocycles. The first-order valence-electron chi connectivity index (χ1n) is 5.06. The molecule has 0 bridgehead atoms. The van der Waals surface area contributed by atoms with Crippen molar-refractivity contribution in [3.8, 4) is 0 Å². The first kappa shape index (κ1) is 9.90. The maximum Gasteiger partial charge on any atom is 0.238 e. The minimum absolute atomic E-state index is 0.116. The fraction of sp³-hybridized carbons (Fsp3) is 0.333. The van der Waals surface area contributed by atoms with E-state index < -0.39 is 0 Å². The van der Waals surface area contributed by atoms with Crippen LogP contribution < -0.4 is 4.90 Å². The Balaban J connectivity index is 2.42. The highest BCUT2D eigenvalue weighted by atomic mass is 16.2. The molecule has 15 heavy (non-hydrogen) atoms. The van der Waals surface area contributed by atoms with E-state index in [1.807, 2.05) is 24.3 Å². The Morgan fingerprint density at radius 1 is 1.33 bits per heavy atom. The third-order valence-corrected chi connectivity index (χ3v) is 2.54. The summed E-state index contributed by atoms with van der Waals surface area (Å²) >= 11 is 0. The molecular weight excluding hydrogens is 190 g/mol. The zero-order chi connectivity index (χ0) is 11.0. The van der Waals surface area contributed by atoms with Gasteiger partial charge in [-0.1, -0.05) is 32.0 Å². The minimum atomic E-state index is -0.153. The number of anilines is 1. The van der Waals surface area contributed by atoms with E-state index in [0.717, 1.165) is 11.3 Å². The molecule has 0 saturated carbocycles. The molecule has 1 aromatic carbocycles. The van der Waals surface area contributed by atoms with Crippen molar-refractivity contribution in [2.24, 2.45) is 5.92 Å². The molecule has 78 valence electrons. The maximum atomic E-state index is 11.8. The molecule has 3 nitrogen and oxygen atoms in total. The van der Waals surface area contributed by atoms with Gasteiger partial charge in [-0.3, -0.25) is 9.59 Å². The van der Waals surface area contributed by atoms with Gasteiger partial charge in [0.1, 0.15) is 0 Å². The lowest BCUT2D eigenvalue weighted by Crippen LogP contribution is -2.36. The second-order valence-electron chi connectivity index (χ2n) is 4.03. The van der Waals surface area contributed by atoms with Crippen LogP contribution in [-0.2, 0) is 16.0 Å². The van der Waals surface area contributed by atoms with Gasteiger partial charge in [-0.2, -0.15) is 0 Å². The molecule has 0 radical (unpaired) electrons. The number of carbonyl (C=O) groups is 2. The molecular formula is C12H13NO2. The highest BCUT2D eigenvalue weighted by Crippen LogP contribution is 2.29. The van der Waals surface area contributed by atoms with E-state index in [9.17, 15) is 9.59 Å². The van der Waals surface area contributed by atoms with Crippen LogP contribution in [0.1, 0.15) is 19.4 Å². The predicted octanol–water partition coefficient (Wildman–Crippen LogP) is 1.76. The van der Waals surface area contributed by atoms with Crippen LogP contribution in [0, 0.1) is 5.92 Å². The quantitative estimate of drug-likeness (QED) is 0.697. The highest BCUT2D eigenvalue weighted by molar-refractivity contribution is 6.19. The van der Waals surface area contributed by atoms with Crippen LogP contribution in [0.2, 0.25) is 0 Å². The molecule has 0 unspecified atom stereocenters. The van der Waals surface area contributed by atoms with Gasteiger partial charge in [0.05, 0.1) is 12.1 Å². The average molecular weight is 203 g/mol. The second-order valence-corrected chi connectivity index (χ2v) is 4.03. The van der Waals surface area contributed by atoms with E-state index in [2.05, 4.69) is 0 Å². The summed E-state index contributed by atoms with van der Waals surface area (Å²) in [5, 5.41) is 0. The fourth-order valence-electron chi connectivity index (χ4n) is 1.75. The minimum Gasteiger partial charge on any atom is -0.274 e. The molecule has 2 rings (SSSR count). The van der Waals surface area contributed by atoms with Crippen molar-refractivity contribution >= 4 is 17.5 Å². The Labute approximate surface area is 88.7 Å². The Bertz CT molecular complexity index is 423. The van der Waals surface area contributed by atoms with Gasteiger partial charge in [-0.15, -0.1) is 0 Å². The van der Waals surface area contributed by atoms with Crippen molar-refractivity contribution in [2.45, 2.75) is 20.3 Å². The van der Waals surface area contributed by atoms with Gasteiger partial charge in [0.25, 0.3) is 0 Å². The van der Waals surface area contributed by atoms with Crippen molar-refractivity contribution in [3.63, 3.8) is 0 Å². The largest absolute Gasteiger partial charge is 0.274 e. The van der Waals surface area contributed by atoms with Crippen LogP contribution in [0.4, 0.5) is 5.69 Å². The zero-order valence-corrected chi connectivity index (χ0v) is 8.86. The van der Waals surface area contributed by atoms with Crippen molar-refractivity contribution < 1.29 is 9.59 Å². The van der Waals surface area contributed by atoms with Gasteiger partial charge < -0.3 is 0 Å². The lowest BCUT2D eigenvalue weighted by atomic mass is 10.1. The number of nitrogens with zero attached hydrogens (tertiary/aromatic N) is 1. The summed E-state index contributed by atoms with van der Waals surface area (Å²) in [7, 11) is 0. The normalized spacial score (nSPS) is 14.6. The molecule has 0 saturated heterocycles. The molecule has 3 heteroatoms. The monoisotopic (exact) mass is 203 g/mol. The zero-order valence-electron chi connectivity index (χ0n) is 8.86. The summed E-state index contributed by atoms with van der Waals surface area (Å²) in [5.74, 6) is -0.389. The van der Waals surface area contributed by atoms with Crippen LogP contribution in [-0.4, -0.2) is 11.8 Å². The lowest BCUT2D eigenvalue weighted by molar-refractivity contribution is -0.127. The number of carbonyl (C=O) groups excluding carboxylic acids is 2. The summed E-state index contributed by atoms with van der Waals surface area (Å²) in [4.78, 5) is 24.8. The number of rotatable bonds is 1. The summed E-state index contributed by atoms with van der Waals surface area (Å²) in [6, 6.07) is 7.44. The molecule has 0 N–H and O–H groups in total. The smallest absolute Gasteiger partial charge is 0.238 e. The number of hydrogen-bond donors (Lipinski definition) is 0. The summed E-state index contributed by atoms with van der Waals surface area (Å²) in [5.41, 5.74) is 1.69. The molecule has 0 atom stereocenters. The van der Waals surface area contributed by atoms with Crippen molar-refractivity contribution in [2.75, 3.05) is 4.90 Å². The Morgan fingerprint density at radius 3 is 2.67 bits per heavy atom. The Kier molecular flexibility index (Phi) is 2.31. The molecule has 0 aromatic heterocycles. The lowest BCUT2D eigenvalue weighted by Gasteiger charge is -2.17. The van der Waals surface area contributed by atoms with Crippen molar-refractivity contribution in [1.82, 2.24) is 0 Å². The summed E-state index contributed by atoms with van der Waals surface area (Å²) < 4.78 is 0. The van der Waals surface area contributed by atoms with Gasteiger partial charge >= 0.3 is 0 Å². The second kappa shape index (κ2) is 3.50. The van der Waals surface area contributed by atoms with Gasteiger partial charge in [0, 0.05) is 5.92 Å².